The van der Waals surface area contributed by atoms with E-state index in [9.17, 15) is 9.59 Å². The monoisotopic (exact) mass is 494 g/mol. The van der Waals surface area contributed by atoms with Crippen LogP contribution in [0.3, 0.4) is 0 Å². The van der Waals surface area contributed by atoms with Gasteiger partial charge in [0.15, 0.2) is 0 Å². The van der Waals surface area contributed by atoms with Gasteiger partial charge in [0.05, 0.1) is 26.1 Å². The maximum Gasteiger partial charge on any atom is 0.263 e. The van der Waals surface area contributed by atoms with Crippen LogP contribution >= 0.6 is 11.8 Å². The van der Waals surface area contributed by atoms with Crippen molar-refractivity contribution in [3.8, 4) is 17.2 Å². The van der Waals surface area contributed by atoms with Gasteiger partial charge < -0.3 is 24.8 Å². The van der Waals surface area contributed by atoms with Crippen LogP contribution in [0.1, 0.15) is 30.6 Å². The second-order valence-electron chi connectivity index (χ2n) is 7.48. The summed E-state index contributed by atoms with van der Waals surface area (Å²) in [7, 11) is 3.01. The lowest BCUT2D eigenvalue weighted by Gasteiger charge is -2.16. The molecule has 1 unspecified atom stereocenters. The summed E-state index contributed by atoms with van der Waals surface area (Å²) in [6, 6.07) is 19.9. The first-order valence-electron chi connectivity index (χ1n) is 11.3. The molecule has 3 aromatic rings. The first kappa shape index (κ1) is 26.0. The molecule has 3 aromatic carbocycles. The Hall–Kier alpha value is -3.65. The average molecular weight is 495 g/mol. The van der Waals surface area contributed by atoms with Gasteiger partial charge in [-0.25, -0.2) is 0 Å². The Morgan fingerprint density at radius 2 is 1.51 bits per heavy atom. The molecule has 2 N–H and O–H groups in total. The van der Waals surface area contributed by atoms with Crippen LogP contribution in [-0.2, 0) is 4.79 Å². The van der Waals surface area contributed by atoms with Gasteiger partial charge in [0.1, 0.15) is 22.8 Å². The minimum absolute atomic E-state index is 0.0881. The number of benzene rings is 3. The molecule has 184 valence electrons. The molecule has 35 heavy (non-hydrogen) atoms. The lowest BCUT2D eigenvalue weighted by atomic mass is 10.1. The zero-order valence-electron chi connectivity index (χ0n) is 20.3. The van der Waals surface area contributed by atoms with Crippen molar-refractivity contribution in [2.24, 2.45) is 0 Å². The van der Waals surface area contributed by atoms with Gasteiger partial charge >= 0.3 is 0 Å². The standard InChI is InChI=1S/C27H30N2O5S/c1-5-24(26(30)28-18-13-15-20(16-14-18)34-6-2)35-21-10-7-9-19(17-21)29-27(31)25-22(32-3)11-8-12-23(25)33-4/h7-17,24H,5-6H2,1-4H3,(H,28,30)(H,29,31). The third-order valence-corrected chi connectivity index (χ3v) is 6.48. The highest BCUT2D eigenvalue weighted by Crippen LogP contribution is 2.31. The van der Waals surface area contributed by atoms with Crippen molar-refractivity contribution in [2.45, 2.75) is 30.4 Å². The predicted octanol–water partition coefficient (Wildman–Crippen LogP) is 5.86. The van der Waals surface area contributed by atoms with Crippen LogP contribution in [0.2, 0.25) is 0 Å². The lowest BCUT2D eigenvalue weighted by Crippen LogP contribution is -2.24. The van der Waals surface area contributed by atoms with E-state index in [4.69, 9.17) is 14.2 Å². The van der Waals surface area contributed by atoms with Gasteiger partial charge in [-0.15, -0.1) is 11.8 Å². The van der Waals surface area contributed by atoms with E-state index in [0.29, 0.717) is 41.5 Å². The number of methoxy groups -OCH3 is 2. The van der Waals surface area contributed by atoms with Gasteiger partial charge in [-0.1, -0.05) is 19.1 Å². The van der Waals surface area contributed by atoms with Crippen LogP contribution in [0, 0.1) is 0 Å². The molecule has 0 aromatic heterocycles. The first-order valence-corrected chi connectivity index (χ1v) is 12.2. The maximum atomic E-state index is 13.0. The maximum absolute atomic E-state index is 13.0. The van der Waals surface area contributed by atoms with Crippen LogP contribution in [-0.4, -0.2) is 37.9 Å². The Morgan fingerprint density at radius 1 is 0.857 bits per heavy atom. The first-order chi connectivity index (χ1) is 17.0. The summed E-state index contributed by atoms with van der Waals surface area (Å²) < 4.78 is 16.1. The number of nitrogens with one attached hydrogen (secondary N) is 2. The van der Waals surface area contributed by atoms with E-state index in [-0.39, 0.29) is 17.1 Å². The molecular weight excluding hydrogens is 464 g/mol. The molecule has 0 aliphatic heterocycles. The molecule has 0 aliphatic carbocycles. The van der Waals surface area contributed by atoms with E-state index in [1.807, 2.05) is 56.3 Å². The van der Waals surface area contributed by atoms with Crippen molar-refractivity contribution < 1.29 is 23.8 Å². The molecule has 0 radical (unpaired) electrons. The molecule has 0 spiro atoms. The fraction of sp³-hybridized carbons (Fsp3) is 0.259. The Kier molecular flexibility index (Phi) is 9.43. The molecule has 0 saturated carbocycles. The smallest absolute Gasteiger partial charge is 0.263 e. The zero-order chi connectivity index (χ0) is 25.2. The van der Waals surface area contributed by atoms with Gasteiger partial charge in [0, 0.05) is 16.3 Å². The topological polar surface area (TPSA) is 85.9 Å². The zero-order valence-corrected chi connectivity index (χ0v) is 21.1. The van der Waals surface area contributed by atoms with Crippen LogP contribution < -0.4 is 24.8 Å². The Bertz CT molecular complexity index is 1130. The fourth-order valence-corrected chi connectivity index (χ4v) is 4.44. The average Bonchev–Trinajstić information content (AvgIpc) is 2.88. The number of carbonyl (C=O) groups is 2. The Morgan fingerprint density at radius 3 is 2.11 bits per heavy atom. The lowest BCUT2D eigenvalue weighted by molar-refractivity contribution is -0.115. The molecule has 8 heteroatoms. The second kappa shape index (κ2) is 12.7. The number of hydrogen-bond acceptors (Lipinski definition) is 6. The van der Waals surface area contributed by atoms with Crippen molar-refractivity contribution >= 4 is 35.0 Å². The normalized spacial score (nSPS) is 11.3. The number of ether oxygens (including phenoxy) is 3. The van der Waals surface area contributed by atoms with E-state index < -0.39 is 0 Å². The van der Waals surface area contributed by atoms with Crippen molar-refractivity contribution in [3.05, 3.63) is 72.3 Å². The molecule has 0 aliphatic rings. The van der Waals surface area contributed by atoms with Gasteiger partial charge in [0.25, 0.3) is 5.91 Å². The number of carbonyl (C=O) groups excluding carboxylic acids is 2. The summed E-state index contributed by atoms with van der Waals surface area (Å²) in [4.78, 5) is 26.7. The summed E-state index contributed by atoms with van der Waals surface area (Å²) in [5, 5.41) is 5.56. The minimum atomic E-state index is -0.346. The van der Waals surface area contributed by atoms with E-state index >= 15 is 0 Å². The molecular formula is C27H30N2O5S. The van der Waals surface area contributed by atoms with Crippen molar-refractivity contribution in [1.29, 1.82) is 0 Å². The summed E-state index contributed by atoms with van der Waals surface area (Å²) in [6.45, 7) is 4.48. The Balaban J connectivity index is 1.69. The van der Waals surface area contributed by atoms with Crippen molar-refractivity contribution in [3.63, 3.8) is 0 Å². The van der Waals surface area contributed by atoms with Gasteiger partial charge in [-0.2, -0.15) is 0 Å². The molecule has 0 heterocycles. The Labute approximate surface area is 210 Å². The summed E-state index contributed by atoms with van der Waals surface area (Å²) in [5.41, 5.74) is 1.63. The van der Waals surface area contributed by atoms with E-state index in [0.717, 1.165) is 10.6 Å². The van der Waals surface area contributed by atoms with Crippen molar-refractivity contribution in [2.75, 3.05) is 31.5 Å². The number of thioether (sulfide) groups is 1. The van der Waals surface area contributed by atoms with E-state index in [1.165, 1.54) is 26.0 Å². The summed E-state index contributed by atoms with van der Waals surface area (Å²) >= 11 is 1.44. The van der Waals surface area contributed by atoms with Gasteiger partial charge in [-0.05, 0) is 67.9 Å². The van der Waals surface area contributed by atoms with E-state index in [2.05, 4.69) is 10.6 Å². The van der Waals surface area contributed by atoms with Gasteiger partial charge in [-0.3, -0.25) is 9.59 Å². The molecule has 0 fully saturated rings. The van der Waals surface area contributed by atoms with Crippen LogP contribution in [0.5, 0.6) is 17.2 Å². The summed E-state index contributed by atoms with van der Waals surface area (Å²) in [5.74, 6) is 1.17. The SMILES string of the molecule is CCOc1ccc(NC(=O)C(CC)Sc2cccc(NC(=O)c3c(OC)cccc3OC)c2)cc1. The quantitative estimate of drug-likeness (QED) is 0.325. The molecule has 2 amide bonds. The second-order valence-corrected chi connectivity index (χ2v) is 8.76. The molecule has 3 rings (SSSR count). The van der Waals surface area contributed by atoms with Crippen LogP contribution in [0.25, 0.3) is 0 Å². The highest BCUT2D eigenvalue weighted by molar-refractivity contribution is 8.00. The summed E-state index contributed by atoms with van der Waals surface area (Å²) in [6.07, 6.45) is 0.641. The van der Waals surface area contributed by atoms with Crippen LogP contribution in [0.15, 0.2) is 71.6 Å². The molecule has 0 bridgehead atoms. The van der Waals surface area contributed by atoms with Crippen molar-refractivity contribution in [1.82, 2.24) is 0 Å². The van der Waals surface area contributed by atoms with Crippen LogP contribution in [0.4, 0.5) is 11.4 Å². The molecule has 0 saturated heterocycles. The predicted molar refractivity (Wildman–Crippen MR) is 140 cm³/mol. The minimum Gasteiger partial charge on any atom is -0.496 e. The third-order valence-electron chi connectivity index (χ3n) is 5.12. The number of rotatable bonds is 11. The van der Waals surface area contributed by atoms with E-state index in [1.54, 1.807) is 24.3 Å². The highest BCUT2D eigenvalue weighted by Gasteiger charge is 2.20. The fourth-order valence-electron chi connectivity index (χ4n) is 3.43. The number of amides is 2. The van der Waals surface area contributed by atoms with Gasteiger partial charge in [0.2, 0.25) is 5.91 Å². The molecule has 7 nitrogen and oxygen atoms in total. The highest BCUT2D eigenvalue weighted by atomic mass is 32.2. The largest absolute Gasteiger partial charge is 0.496 e. The third kappa shape index (κ3) is 6.93. The number of hydrogen-bond donors (Lipinski definition) is 2. The number of anilines is 2. The molecule has 1 atom stereocenters.